The highest BCUT2D eigenvalue weighted by atomic mass is 35.5. The molecule has 0 radical (unpaired) electrons. The summed E-state index contributed by atoms with van der Waals surface area (Å²) in [4.78, 5) is 22.1. The molecule has 7 nitrogen and oxygen atoms in total. The minimum Gasteiger partial charge on any atom is -0.481 e. The van der Waals surface area contributed by atoms with Gasteiger partial charge in [-0.05, 0) is 31.2 Å². The predicted octanol–water partition coefficient (Wildman–Crippen LogP) is 3.17. The van der Waals surface area contributed by atoms with Crippen molar-refractivity contribution in [3.63, 3.8) is 0 Å². The Labute approximate surface area is 143 Å². The molecule has 0 aliphatic rings. The summed E-state index contributed by atoms with van der Waals surface area (Å²) in [5.41, 5.74) is 2.77. The predicted molar refractivity (Wildman–Crippen MR) is 90.4 cm³/mol. The molecule has 1 N–H and O–H groups in total. The average Bonchev–Trinajstić information content (AvgIpc) is 2.57. The van der Waals surface area contributed by atoms with E-state index in [1.54, 1.807) is 37.3 Å². The standard InChI is InChI=1S/C16H14ClN3O4/c1-11(24-15-7-5-13(17)6-8-15)16(21)19-18-10-12-3-2-4-14(9-12)20(22)23/h2-11H,1H3,(H,19,21)/b18-10-/t11-/m0/s1. The molecule has 0 fully saturated rings. The monoisotopic (exact) mass is 347 g/mol. The topological polar surface area (TPSA) is 93.8 Å². The van der Waals surface area contributed by atoms with Crippen LogP contribution in [0.2, 0.25) is 5.02 Å². The van der Waals surface area contributed by atoms with Gasteiger partial charge in [0.2, 0.25) is 0 Å². The van der Waals surface area contributed by atoms with Crippen LogP contribution in [-0.4, -0.2) is 23.1 Å². The van der Waals surface area contributed by atoms with E-state index in [0.717, 1.165) is 0 Å². The summed E-state index contributed by atoms with van der Waals surface area (Å²) in [5.74, 6) is 0.0522. The molecule has 0 aromatic heterocycles. The van der Waals surface area contributed by atoms with Crippen molar-refractivity contribution in [3.8, 4) is 5.75 Å². The lowest BCUT2D eigenvalue weighted by atomic mass is 10.2. The van der Waals surface area contributed by atoms with Crippen LogP contribution in [0, 0.1) is 10.1 Å². The maximum Gasteiger partial charge on any atom is 0.280 e. The Kier molecular flexibility index (Phi) is 5.86. The number of amides is 1. The maximum absolute atomic E-state index is 11.9. The molecule has 0 saturated heterocycles. The second-order valence-electron chi connectivity index (χ2n) is 4.80. The number of non-ortho nitro benzene ring substituents is 1. The highest BCUT2D eigenvalue weighted by Crippen LogP contribution is 2.16. The summed E-state index contributed by atoms with van der Waals surface area (Å²) < 4.78 is 5.45. The van der Waals surface area contributed by atoms with Crippen LogP contribution in [0.3, 0.4) is 0 Å². The van der Waals surface area contributed by atoms with Gasteiger partial charge in [-0.2, -0.15) is 5.10 Å². The van der Waals surface area contributed by atoms with Gasteiger partial charge in [0, 0.05) is 22.7 Å². The van der Waals surface area contributed by atoms with Gasteiger partial charge >= 0.3 is 0 Å². The van der Waals surface area contributed by atoms with Crippen LogP contribution in [0.15, 0.2) is 53.6 Å². The zero-order valence-electron chi connectivity index (χ0n) is 12.7. The largest absolute Gasteiger partial charge is 0.481 e. The number of rotatable bonds is 6. The summed E-state index contributed by atoms with van der Waals surface area (Å²) in [5, 5.41) is 15.0. The molecule has 0 unspecified atom stereocenters. The molecular weight excluding hydrogens is 334 g/mol. The van der Waals surface area contributed by atoms with Crippen LogP contribution in [-0.2, 0) is 4.79 Å². The van der Waals surface area contributed by atoms with Crippen molar-refractivity contribution in [1.82, 2.24) is 5.43 Å². The van der Waals surface area contributed by atoms with E-state index >= 15 is 0 Å². The van der Waals surface area contributed by atoms with E-state index < -0.39 is 16.9 Å². The number of hydrogen-bond donors (Lipinski definition) is 1. The number of ether oxygens (including phenoxy) is 1. The second-order valence-corrected chi connectivity index (χ2v) is 5.24. The summed E-state index contributed by atoms with van der Waals surface area (Å²) in [6.07, 6.45) is 0.549. The minimum atomic E-state index is -0.770. The first-order valence-electron chi connectivity index (χ1n) is 6.95. The number of halogens is 1. The van der Waals surface area contributed by atoms with Crippen molar-refractivity contribution in [2.24, 2.45) is 5.10 Å². The minimum absolute atomic E-state index is 0.0512. The van der Waals surface area contributed by atoms with Gasteiger partial charge < -0.3 is 4.74 Å². The first-order chi connectivity index (χ1) is 11.5. The average molecular weight is 348 g/mol. The third-order valence-electron chi connectivity index (χ3n) is 2.97. The van der Waals surface area contributed by atoms with Crippen molar-refractivity contribution < 1.29 is 14.5 Å². The quantitative estimate of drug-likeness (QED) is 0.493. The lowest BCUT2D eigenvalue weighted by Gasteiger charge is -2.12. The number of nitrogens with one attached hydrogen (secondary N) is 1. The Morgan fingerprint density at radius 1 is 1.33 bits per heavy atom. The number of benzene rings is 2. The Morgan fingerprint density at radius 2 is 2.04 bits per heavy atom. The fourth-order valence-electron chi connectivity index (χ4n) is 1.75. The van der Waals surface area contributed by atoms with Gasteiger partial charge in [0.15, 0.2) is 6.10 Å². The Balaban J connectivity index is 1.90. The number of hydrazone groups is 1. The molecular formula is C16H14ClN3O4. The molecule has 0 aliphatic carbocycles. The Hall–Kier alpha value is -2.93. The summed E-state index contributed by atoms with van der Waals surface area (Å²) >= 11 is 5.77. The zero-order valence-corrected chi connectivity index (χ0v) is 13.4. The van der Waals surface area contributed by atoms with Crippen LogP contribution in [0.1, 0.15) is 12.5 Å². The van der Waals surface area contributed by atoms with Crippen molar-refractivity contribution in [2.75, 3.05) is 0 Å². The third-order valence-corrected chi connectivity index (χ3v) is 3.22. The fourth-order valence-corrected chi connectivity index (χ4v) is 1.88. The van der Waals surface area contributed by atoms with Crippen molar-refractivity contribution >= 4 is 29.4 Å². The third kappa shape index (κ3) is 5.06. The van der Waals surface area contributed by atoms with E-state index in [9.17, 15) is 14.9 Å². The van der Waals surface area contributed by atoms with Crippen molar-refractivity contribution in [3.05, 3.63) is 69.2 Å². The van der Waals surface area contributed by atoms with Crippen LogP contribution < -0.4 is 10.2 Å². The molecule has 0 heterocycles. The van der Waals surface area contributed by atoms with Gasteiger partial charge in [-0.25, -0.2) is 5.43 Å². The second kappa shape index (κ2) is 8.07. The number of nitro groups is 1. The molecule has 0 spiro atoms. The van der Waals surface area contributed by atoms with Crippen LogP contribution in [0.5, 0.6) is 5.75 Å². The summed E-state index contributed by atoms with van der Waals surface area (Å²) in [7, 11) is 0. The van der Waals surface area contributed by atoms with Gasteiger partial charge in [-0.3, -0.25) is 14.9 Å². The van der Waals surface area contributed by atoms with Crippen LogP contribution in [0.25, 0.3) is 0 Å². The van der Waals surface area contributed by atoms with Gasteiger partial charge in [-0.15, -0.1) is 0 Å². The fraction of sp³-hybridized carbons (Fsp3) is 0.125. The molecule has 0 saturated carbocycles. The van der Waals surface area contributed by atoms with Crippen LogP contribution >= 0.6 is 11.6 Å². The van der Waals surface area contributed by atoms with E-state index in [1.807, 2.05) is 0 Å². The normalized spacial score (nSPS) is 11.9. The lowest BCUT2D eigenvalue weighted by molar-refractivity contribution is -0.384. The lowest BCUT2D eigenvalue weighted by Crippen LogP contribution is -2.33. The van der Waals surface area contributed by atoms with E-state index in [2.05, 4.69) is 10.5 Å². The zero-order chi connectivity index (χ0) is 17.5. The summed E-state index contributed by atoms with van der Waals surface area (Å²) in [6, 6.07) is 12.5. The molecule has 1 amide bonds. The highest BCUT2D eigenvalue weighted by molar-refractivity contribution is 6.30. The SMILES string of the molecule is C[C@H](Oc1ccc(Cl)cc1)C(=O)N/N=C\c1cccc([N+](=O)[O-])c1. The first kappa shape index (κ1) is 17.4. The molecule has 2 rings (SSSR count). The first-order valence-corrected chi connectivity index (χ1v) is 7.33. The van der Waals surface area contributed by atoms with E-state index in [4.69, 9.17) is 16.3 Å². The maximum atomic E-state index is 11.9. The number of nitro benzene ring substituents is 1. The van der Waals surface area contributed by atoms with Gasteiger partial charge in [0.1, 0.15) is 5.75 Å². The Morgan fingerprint density at radius 3 is 2.71 bits per heavy atom. The molecule has 124 valence electrons. The number of carbonyl (C=O) groups excluding carboxylic acids is 1. The van der Waals surface area contributed by atoms with Gasteiger partial charge in [-0.1, -0.05) is 23.7 Å². The molecule has 1 atom stereocenters. The van der Waals surface area contributed by atoms with Gasteiger partial charge in [0.05, 0.1) is 11.1 Å². The smallest absolute Gasteiger partial charge is 0.280 e. The summed E-state index contributed by atoms with van der Waals surface area (Å²) in [6.45, 7) is 1.58. The molecule has 0 aliphatic heterocycles. The molecule has 24 heavy (non-hydrogen) atoms. The Bertz CT molecular complexity index is 762. The van der Waals surface area contributed by atoms with E-state index in [-0.39, 0.29) is 5.69 Å². The number of hydrogen-bond acceptors (Lipinski definition) is 5. The van der Waals surface area contributed by atoms with Crippen molar-refractivity contribution in [1.29, 1.82) is 0 Å². The molecule has 8 heteroatoms. The highest BCUT2D eigenvalue weighted by Gasteiger charge is 2.13. The van der Waals surface area contributed by atoms with Crippen LogP contribution in [0.4, 0.5) is 5.69 Å². The van der Waals surface area contributed by atoms with Crippen molar-refractivity contribution in [2.45, 2.75) is 13.0 Å². The van der Waals surface area contributed by atoms with E-state index in [0.29, 0.717) is 16.3 Å². The molecule has 0 bridgehead atoms. The molecule has 2 aromatic rings. The molecule has 2 aromatic carbocycles. The number of carbonyl (C=O) groups is 1. The van der Waals surface area contributed by atoms with E-state index in [1.165, 1.54) is 24.4 Å². The van der Waals surface area contributed by atoms with Gasteiger partial charge in [0.25, 0.3) is 11.6 Å². The number of nitrogens with zero attached hydrogens (tertiary/aromatic N) is 2.